The van der Waals surface area contributed by atoms with Gasteiger partial charge in [-0.2, -0.15) is 0 Å². The summed E-state index contributed by atoms with van der Waals surface area (Å²) in [7, 11) is 0. The van der Waals surface area contributed by atoms with Crippen LogP contribution in [0.2, 0.25) is 0 Å². The van der Waals surface area contributed by atoms with Crippen LogP contribution >= 0.6 is 22.6 Å². The minimum Gasteiger partial charge on any atom is -0.369 e. The van der Waals surface area contributed by atoms with Crippen LogP contribution in [0.4, 0.5) is 5.82 Å². The lowest BCUT2D eigenvalue weighted by atomic mass is 10.1. The first-order valence-corrected chi connectivity index (χ1v) is 8.65. The van der Waals surface area contributed by atoms with Crippen molar-refractivity contribution in [3.8, 4) is 0 Å². The van der Waals surface area contributed by atoms with Crippen molar-refractivity contribution in [1.82, 2.24) is 9.97 Å². The molecule has 0 radical (unpaired) electrons. The zero-order chi connectivity index (χ0) is 15.1. The minimum atomic E-state index is 0.884. The van der Waals surface area contributed by atoms with Crippen LogP contribution in [0.1, 0.15) is 37.4 Å². The summed E-state index contributed by atoms with van der Waals surface area (Å²) >= 11 is 2.35. The van der Waals surface area contributed by atoms with Crippen molar-refractivity contribution in [3.05, 3.63) is 51.0 Å². The first-order valence-electron chi connectivity index (χ1n) is 7.57. The maximum absolute atomic E-state index is 4.72. The smallest absolute Gasteiger partial charge is 0.143 e. The molecule has 0 saturated carbocycles. The molecule has 2 aromatic rings. The van der Waals surface area contributed by atoms with E-state index in [1.165, 1.54) is 5.56 Å². The van der Waals surface area contributed by atoms with Crippen LogP contribution in [0.5, 0.6) is 0 Å². The molecule has 1 heterocycles. The Kier molecular flexibility index (Phi) is 6.42. The van der Waals surface area contributed by atoms with Crippen LogP contribution in [0, 0.1) is 3.57 Å². The molecular formula is C17H22IN3. The molecule has 0 atom stereocenters. The molecule has 0 aliphatic rings. The van der Waals surface area contributed by atoms with Gasteiger partial charge in [-0.3, -0.25) is 0 Å². The molecule has 0 bridgehead atoms. The Bertz CT molecular complexity index is 570. The maximum atomic E-state index is 4.72. The van der Waals surface area contributed by atoms with Gasteiger partial charge in [0.15, 0.2) is 0 Å². The molecule has 2 rings (SSSR count). The lowest BCUT2D eigenvalue weighted by Gasteiger charge is -2.12. The summed E-state index contributed by atoms with van der Waals surface area (Å²) in [6.45, 7) is 5.27. The van der Waals surface area contributed by atoms with Crippen LogP contribution in [0.25, 0.3) is 0 Å². The number of anilines is 1. The lowest BCUT2D eigenvalue weighted by molar-refractivity contribution is 0.823. The first kappa shape index (κ1) is 16.2. The number of benzene rings is 1. The Labute approximate surface area is 140 Å². The standard InChI is InChI=1S/C17H22IN3/c1-3-12-19-17-16(18)14(4-2)20-15(21-17)11-10-13-8-6-5-7-9-13/h5-9H,3-4,10-12H2,1-2H3,(H,19,20,21). The van der Waals surface area contributed by atoms with E-state index in [-0.39, 0.29) is 0 Å². The van der Waals surface area contributed by atoms with Gasteiger partial charge in [-0.05, 0) is 47.4 Å². The van der Waals surface area contributed by atoms with Crippen LogP contribution in [-0.4, -0.2) is 16.5 Å². The highest BCUT2D eigenvalue weighted by atomic mass is 127. The average Bonchev–Trinajstić information content (AvgIpc) is 2.53. The highest BCUT2D eigenvalue weighted by Gasteiger charge is 2.10. The summed E-state index contributed by atoms with van der Waals surface area (Å²) in [6.07, 6.45) is 3.91. The van der Waals surface area contributed by atoms with Crippen LogP contribution in [-0.2, 0) is 19.3 Å². The van der Waals surface area contributed by atoms with E-state index in [0.29, 0.717) is 0 Å². The van der Waals surface area contributed by atoms with E-state index in [2.05, 4.69) is 66.0 Å². The molecule has 4 heteroatoms. The molecule has 1 N–H and O–H groups in total. The molecule has 0 aliphatic carbocycles. The summed E-state index contributed by atoms with van der Waals surface area (Å²) in [6, 6.07) is 10.5. The van der Waals surface area contributed by atoms with Crippen LogP contribution < -0.4 is 5.32 Å². The average molecular weight is 395 g/mol. The van der Waals surface area contributed by atoms with Crippen molar-refractivity contribution in [2.45, 2.75) is 39.5 Å². The molecule has 0 amide bonds. The topological polar surface area (TPSA) is 37.8 Å². The van der Waals surface area contributed by atoms with Crippen molar-refractivity contribution in [1.29, 1.82) is 0 Å². The predicted molar refractivity (Wildman–Crippen MR) is 96.8 cm³/mol. The van der Waals surface area contributed by atoms with E-state index < -0.39 is 0 Å². The van der Waals surface area contributed by atoms with Gasteiger partial charge in [0.25, 0.3) is 0 Å². The van der Waals surface area contributed by atoms with Gasteiger partial charge in [0.05, 0.1) is 9.26 Å². The number of hydrogen-bond acceptors (Lipinski definition) is 3. The van der Waals surface area contributed by atoms with Crippen LogP contribution in [0.15, 0.2) is 30.3 Å². The van der Waals surface area contributed by atoms with E-state index in [9.17, 15) is 0 Å². The Morgan fingerprint density at radius 1 is 1.05 bits per heavy atom. The van der Waals surface area contributed by atoms with Crippen LogP contribution in [0.3, 0.4) is 0 Å². The van der Waals surface area contributed by atoms with E-state index in [0.717, 1.165) is 53.1 Å². The first-order chi connectivity index (χ1) is 10.2. The summed E-state index contributed by atoms with van der Waals surface area (Å²) < 4.78 is 1.16. The maximum Gasteiger partial charge on any atom is 0.143 e. The van der Waals surface area contributed by atoms with Crippen molar-refractivity contribution in [2.24, 2.45) is 0 Å². The third-order valence-corrected chi connectivity index (χ3v) is 4.46. The monoisotopic (exact) mass is 395 g/mol. The van der Waals surface area contributed by atoms with Gasteiger partial charge in [0.2, 0.25) is 0 Å². The Morgan fingerprint density at radius 3 is 2.48 bits per heavy atom. The predicted octanol–water partition coefficient (Wildman–Crippen LogP) is 4.25. The van der Waals surface area contributed by atoms with Crippen molar-refractivity contribution < 1.29 is 0 Å². The number of rotatable bonds is 7. The van der Waals surface area contributed by atoms with E-state index in [1.54, 1.807) is 0 Å². The molecule has 0 spiro atoms. The fourth-order valence-electron chi connectivity index (χ4n) is 2.15. The second kappa shape index (κ2) is 8.32. The molecule has 21 heavy (non-hydrogen) atoms. The zero-order valence-electron chi connectivity index (χ0n) is 12.7. The number of hydrogen-bond donors (Lipinski definition) is 1. The molecule has 1 aromatic carbocycles. The SMILES string of the molecule is CCCNc1nc(CCc2ccccc2)nc(CC)c1I. The van der Waals surface area contributed by atoms with Crippen molar-refractivity contribution >= 4 is 28.4 Å². The molecular weight excluding hydrogens is 373 g/mol. The molecule has 3 nitrogen and oxygen atoms in total. The minimum absolute atomic E-state index is 0.884. The van der Waals surface area contributed by atoms with Gasteiger partial charge >= 0.3 is 0 Å². The summed E-state index contributed by atoms with van der Waals surface area (Å²) in [5.74, 6) is 1.93. The third kappa shape index (κ3) is 4.66. The fourth-order valence-corrected chi connectivity index (χ4v) is 2.97. The molecule has 0 aliphatic heterocycles. The number of nitrogens with zero attached hydrogens (tertiary/aromatic N) is 2. The van der Waals surface area contributed by atoms with E-state index >= 15 is 0 Å². The van der Waals surface area contributed by atoms with Gasteiger partial charge in [-0.15, -0.1) is 0 Å². The number of aryl methyl sites for hydroxylation is 3. The second-order valence-electron chi connectivity index (χ2n) is 5.02. The number of aromatic nitrogens is 2. The summed E-state index contributed by atoms with van der Waals surface area (Å²) in [5.41, 5.74) is 2.48. The zero-order valence-corrected chi connectivity index (χ0v) is 14.9. The summed E-state index contributed by atoms with van der Waals surface area (Å²) in [5, 5.41) is 3.42. The third-order valence-electron chi connectivity index (χ3n) is 3.32. The van der Waals surface area contributed by atoms with Crippen molar-refractivity contribution in [3.63, 3.8) is 0 Å². The Hall–Kier alpha value is -1.17. The van der Waals surface area contributed by atoms with Gasteiger partial charge in [-0.1, -0.05) is 44.2 Å². The molecule has 1 aromatic heterocycles. The Balaban J connectivity index is 2.14. The quantitative estimate of drug-likeness (QED) is 0.713. The van der Waals surface area contributed by atoms with Gasteiger partial charge in [0, 0.05) is 13.0 Å². The number of nitrogens with one attached hydrogen (secondary N) is 1. The van der Waals surface area contributed by atoms with Gasteiger partial charge in [0.1, 0.15) is 11.6 Å². The van der Waals surface area contributed by atoms with Gasteiger partial charge in [-0.25, -0.2) is 9.97 Å². The van der Waals surface area contributed by atoms with E-state index in [4.69, 9.17) is 9.97 Å². The second-order valence-corrected chi connectivity index (χ2v) is 6.09. The normalized spacial score (nSPS) is 10.6. The molecule has 0 fully saturated rings. The Morgan fingerprint density at radius 2 is 1.81 bits per heavy atom. The molecule has 0 saturated heterocycles. The van der Waals surface area contributed by atoms with Gasteiger partial charge < -0.3 is 5.32 Å². The van der Waals surface area contributed by atoms with Crippen molar-refractivity contribution in [2.75, 3.05) is 11.9 Å². The number of halogens is 1. The highest BCUT2D eigenvalue weighted by Crippen LogP contribution is 2.20. The molecule has 112 valence electrons. The fraction of sp³-hybridized carbons (Fsp3) is 0.412. The lowest BCUT2D eigenvalue weighted by Crippen LogP contribution is -2.11. The molecule has 0 unspecified atom stereocenters. The summed E-state index contributed by atoms with van der Waals surface area (Å²) in [4.78, 5) is 9.42. The van der Waals surface area contributed by atoms with E-state index in [1.807, 2.05) is 6.07 Å². The highest BCUT2D eigenvalue weighted by molar-refractivity contribution is 14.1. The largest absolute Gasteiger partial charge is 0.369 e.